The minimum Gasteiger partial charge on any atom is -0.460 e. The quantitative estimate of drug-likeness (QED) is 0.439. The lowest BCUT2D eigenvalue weighted by molar-refractivity contribution is 0.0257. The van der Waals surface area contributed by atoms with Crippen molar-refractivity contribution in [2.45, 2.75) is 52.7 Å². The van der Waals surface area contributed by atoms with E-state index in [9.17, 15) is 9.59 Å². The van der Waals surface area contributed by atoms with Gasteiger partial charge in [0.25, 0.3) is 0 Å². The topological polar surface area (TPSA) is 86.8 Å². The Balaban J connectivity index is 1.64. The van der Waals surface area contributed by atoms with Gasteiger partial charge in [0.05, 0.1) is 18.8 Å². The van der Waals surface area contributed by atoms with E-state index >= 15 is 0 Å². The molecule has 4 rings (SSSR count). The number of benzene rings is 1. The van der Waals surface area contributed by atoms with Gasteiger partial charge in [0.2, 0.25) is 5.76 Å². The largest absolute Gasteiger partial charge is 0.460 e. The lowest BCUT2D eigenvalue weighted by Gasteiger charge is -2.26. The van der Waals surface area contributed by atoms with Gasteiger partial charge in [-0.2, -0.15) is 5.10 Å². The fourth-order valence-corrected chi connectivity index (χ4v) is 4.20. The Kier molecular flexibility index (Phi) is 7.21. The number of esters is 1. The Bertz CT molecular complexity index is 1210. The summed E-state index contributed by atoms with van der Waals surface area (Å²) in [7, 11) is 0. The highest BCUT2D eigenvalue weighted by atomic mass is 35.5. The van der Waals surface area contributed by atoms with E-state index in [1.165, 1.54) is 0 Å². The van der Waals surface area contributed by atoms with Crippen molar-refractivity contribution in [3.8, 4) is 11.3 Å². The van der Waals surface area contributed by atoms with Crippen LogP contribution in [0.25, 0.3) is 11.3 Å². The summed E-state index contributed by atoms with van der Waals surface area (Å²) in [6.07, 6.45) is 0.930. The second-order valence-electron chi connectivity index (χ2n) is 9.39. The standard InChI is InChI=1S/C26H30ClN3O5/c1-5-33-24(31)22-11-10-19(34-22)16-30-21-13-15-29(25(32)35-26(2,3)4)14-12-20(21)23(28-30)17-6-8-18(27)9-7-17/h6-11H,5,12-16H2,1-4H3. The van der Waals surface area contributed by atoms with Crippen LogP contribution in [0.5, 0.6) is 0 Å². The van der Waals surface area contributed by atoms with E-state index in [4.69, 9.17) is 30.6 Å². The molecule has 1 aliphatic rings. The zero-order valence-electron chi connectivity index (χ0n) is 20.5. The Morgan fingerprint density at radius 3 is 2.49 bits per heavy atom. The Morgan fingerprint density at radius 2 is 1.80 bits per heavy atom. The van der Waals surface area contributed by atoms with Crippen LogP contribution in [0, 0.1) is 0 Å². The van der Waals surface area contributed by atoms with Gasteiger partial charge in [0.15, 0.2) is 0 Å². The van der Waals surface area contributed by atoms with Crippen LogP contribution in [0.2, 0.25) is 5.02 Å². The minimum absolute atomic E-state index is 0.161. The number of aromatic nitrogens is 2. The first-order valence-corrected chi connectivity index (χ1v) is 12.1. The molecule has 9 heteroatoms. The van der Waals surface area contributed by atoms with Crippen LogP contribution >= 0.6 is 11.6 Å². The Morgan fingerprint density at radius 1 is 1.09 bits per heavy atom. The molecule has 0 atom stereocenters. The highest BCUT2D eigenvalue weighted by Gasteiger charge is 2.28. The molecule has 1 amide bonds. The first-order valence-electron chi connectivity index (χ1n) is 11.7. The zero-order chi connectivity index (χ0) is 25.2. The number of amides is 1. The molecule has 3 heterocycles. The minimum atomic E-state index is -0.558. The normalized spacial score (nSPS) is 13.8. The SMILES string of the molecule is CCOC(=O)c1ccc(Cn2nc(-c3ccc(Cl)cc3)c3c2CCN(C(=O)OC(C)(C)C)CC3)o1. The molecule has 0 spiro atoms. The molecular weight excluding hydrogens is 470 g/mol. The van der Waals surface area contributed by atoms with Gasteiger partial charge in [0.1, 0.15) is 11.4 Å². The predicted molar refractivity (Wildman–Crippen MR) is 132 cm³/mol. The van der Waals surface area contributed by atoms with Crippen molar-refractivity contribution in [2.24, 2.45) is 0 Å². The van der Waals surface area contributed by atoms with E-state index in [1.54, 1.807) is 24.0 Å². The fourth-order valence-electron chi connectivity index (χ4n) is 4.08. The number of fused-ring (bicyclic) bond motifs is 1. The number of hydrogen-bond donors (Lipinski definition) is 0. The molecule has 1 aromatic carbocycles. The van der Waals surface area contributed by atoms with Gasteiger partial charge in [-0.05, 0) is 58.4 Å². The summed E-state index contributed by atoms with van der Waals surface area (Å²) < 4.78 is 18.2. The van der Waals surface area contributed by atoms with Gasteiger partial charge >= 0.3 is 12.1 Å². The molecular formula is C26H30ClN3O5. The summed E-state index contributed by atoms with van der Waals surface area (Å²) in [5.74, 6) is 0.260. The summed E-state index contributed by atoms with van der Waals surface area (Å²) in [5.41, 5.74) is 3.34. The average Bonchev–Trinajstić information content (AvgIpc) is 3.31. The number of hydrogen-bond acceptors (Lipinski definition) is 6. The number of nitrogens with zero attached hydrogens (tertiary/aromatic N) is 3. The van der Waals surface area contributed by atoms with E-state index in [-0.39, 0.29) is 18.5 Å². The van der Waals surface area contributed by atoms with Crippen molar-refractivity contribution in [2.75, 3.05) is 19.7 Å². The highest BCUT2D eigenvalue weighted by Crippen LogP contribution is 2.30. The third-order valence-electron chi connectivity index (χ3n) is 5.63. The van der Waals surface area contributed by atoms with E-state index in [1.807, 2.05) is 49.7 Å². The van der Waals surface area contributed by atoms with Gasteiger partial charge in [-0.15, -0.1) is 0 Å². The molecule has 0 aliphatic carbocycles. The predicted octanol–water partition coefficient (Wildman–Crippen LogP) is 5.36. The average molecular weight is 500 g/mol. The van der Waals surface area contributed by atoms with E-state index < -0.39 is 11.6 Å². The molecule has 0 bridgehead atoms. The van der Waals surface area contributed by atoms with Crippen LogP contribution in [-0.4, -0.2) is 52.0 Å². The third kappa shape index (κ3) is 5.88. The molecule has 186 valence electrons. The molecule has 0 fully saturated rings. The maximum Gasteiger partial charge on any atom is 0.410 e. The summed E-state index contributed by atoms with van der Waals surface area (Å²) in [4.78, 5) is 26.5. The number of carbonyl (C=O) groups excluding carboxylic acids is 2. The van der Waals surface area contributed by atoms with Gasteiger partial charge in [-0.3, -0.25) is 4.68 Å². The third-order valence-corrected chi connectivity index (χ3v) is 5.88. The maximum absolute atomic E-state index is 12.7. The van der Waals surface area contributed by atoms with Crippen molar-refractivity contribution in [3.63, 3.8) is 0 Å². The molecule has 0 unspecified atom stereocenters. The van der Waals surface area contributed by atoms with Crippen molar-refractivity contribution in [1.82, 2.24) is 14.7 Å². The number of halogens is 1. The van der Waals surface area contributed by atoms with Crippen molar-refractivity contribution >= 4 is 23.7 Å². The highest BCUT2D eigenvalue weighted by molar-refractivity contribution is 6.30. The molecule has 2 aromatic heterocycles. The zero-order valence-corrected chi connectivity index (χ0v) is 21.2. The maximum atomic E-state index is 12.7. The van der Waals surface area contributed by atoms with Crippen molar-refractivity contribution in [3.05, 3.63) is 64.2 Å². The van der Waals surface area contributed by atoms with Gasteiger partial charge < -0.3 is 18.8 Å². The first-order chi connectivity index (χ1) is 16.6. The van der Waals surface area contributed by atoms with Crippen LogP contribution in [0.4, 0.5) is 4.79 Å². The molecule has 0 radical (unpaired) electrons. The molecule has 0 saturated carbocycles. The lowest BCUT2D eigenvalue weighted by atomic mass is 10.0. The van der Waals surface area contributed by atoms with E-state index in [0.29, 0.717) is 43.3 Å². The van der Waals surface area contributed by atoms with Crippen molar-refractivity contribution < 1.29 is 23.5 Å². The lowest BCUT2D eigenvalue weighted by Crippen LogP contribution is -2.38. The van der Waals surface area contributed by atoms with Crippen LogP contribution in [-0.2, 0) is 28.9 Å². The molecule has 1 aliphatic heterocycles. The Hall–Kier alpha value is -3.26. The van der Waals surface area contributed by atoms with E-state index in [2.05, 4.69) is 0 Å². The molecule has 3 aromatic rings. The second kappa shape index (κ2) is 10.2. The summed E-state index contributed by atoms with van der Waals surface area (Å²) >= 11 is 6.10. The Labute approximate surface area is 209 Å². The van der Waals surface area contributed by atoms with Gasteiger partial charge in [-0.1, -0.05) is 23.7 Å². The summed E-state index contributed by atoms with van der Waals surface area (Å²) in [5, 5.41) is 5.56. The van der Waals surface area contributed by atoms with Gasteiger partial charge in [0, 0.05) is 41.4 Å². The number of rotatable bonds is 5. The molecule has 0 saturated heterocycles. The molecule has 35 heavy (non-hydrogen) atoms. The summed E-state index contributed by atoms with van der Waals surface area (Å²) in [6, 6.07) is 10.9. The van der Waals surface area contributed by atoms with E-state index in [0.717, 1.165) is 22.5 Å². The molecule has 0 N–H and O–H groups in total. The fraction of sp³-hybridized carbons (Fsp3) is 0.423. The van der Waals surface area contributed by atoms with Gasteiger partial charge in [-0.25, -0.2) is 9.59 Å². The number of ether oxygens (including phenoxy) is 2. The van der Waals surface area contributed by atoms with Crippen LogP contribution in [0.1, 0.15) is 55.3 Å². The van der Waals surface area contributed by atoms with Crippen LogP contribution < -0.4 is 0 Å². The smallest absolute Gasteiger partial charge is 0.410 e. The second-order valence-corrected chi connectivity index (χ2v) is 9.83. The van der Waals surface area contributed by atoms with Crippen LogP contribution in [0.15, 0.2) is 40.8 Å². The van der Waals surface area contributed by atoms with Crippen molar-refractivity contribution in [1.29, 1.82) is 0 Å². The molecule has 8 nitrogen and oxygen atoms in total. The monoisotopic (exact) mass is 499 g/mol. The number of furan rings is 1. The van der Waals surface area contributed by atoms with Crippen LogP contribution in [0.3, 0.4) is 0 Å². The number of carbonyl (C=O) groups is 2. The first kappa shape index (κ1) is 24.9. The summed E-state index contributed by atoms with van der Waals surface area (Å²) in [6.45, 7) is 9.01.